The quantitative estimate of drug-likeness (QED) is 0.742. The maximum absolute atomic E-state index is 6.00. The Balaban J connectivity index is 1.63. The van der Waals surface area contributed by atoms with Gasteiger partial charge in [-0.1, -0.05) is 12.2 Å². The molecule has 21 heavy (non-hydrogen) atoms. The number of piperidine rings is 1. The molecule has 5 rings (SSSR count). The smallest absolute Gasteiger partial charge is 0.125 e. The van der Waals surface area contributed by atoms with Crippen molar-refractivity contribution in [1.82, 2.24) is 10.2 Å². The van der Waals surface area contributed by atoms with E-state index in [1.165, 1.54) is 50.0 Å². The van der Waals surface area contributed by atoms with Crippen molar-refractivity contribution >= 4 is 0 Å². The van der Waals surface area contributed by atoms with E-state index in [9.17, 15) is 0 Å². The van der Waals surface area contributed by atoms with Crippen LogP contribution in [0.3, 0.4) is 0 Å². The molecular weight excluding hydrogens is 260 g/mol. The van der Waals surface area contributed by atoms with E-state index >= 15 is 0 Å². The molecule has 3 aliphatic heterocycles. The normalized spacial score (nSPS) is 41.8. The van der Waals surface area contributed by atoms with Crippen LogP contribution in [0.25, 0.3) is 0 Å². The lowest BCUT2D eigenvalue weighted by Gasteiger charge is -2.40. The largest absolute Gasteiger partial charge is 0.467 e. The van der Waals surface area contributed by atoms with Crippen LogP contribution in [0.4, 0.5) is 0 Å². The van der Waals surface area contributed by atoms with Gasteiger partial charge >= 0.3 is 0 Å². The maximum Gasteiger partial charge on any atom is 0.125 e. The van der Waals surface area contributed by atoms with E-state index < -0.39 is 0 Å². The molecule has 0 bridgehead atoms. The Kier molecular flexibility index (Phi) is 2.65. The SMILES string of the molecule is C1=C[C@H]2C[C@]34CNCC[C@H]3c3ccoc3[C@@H]4N2CCCC1. The van der Waals surface area contributed by atoms with Crippen LogP contribution < -0.4 is 5.32 Å². The van der Waals surface area contributed by atoms with Crippen molar-refractivity contribution in [2.75, 3.05) is 19.6 Å². The maximum atomic E-state index is 6.00. The Hall–Kier alpha value is -1.06. The molecule has 2 fully saturated rings. The Morgan fingerprint density at radius 1 is 1.33 bits per heavy atom. The first kappa shape index (κ1) is 12.5. The molecule has 1 N–H and O–H groups in total. The van der Waals surface area contributed by atoms with Crippen molar-refractivity contribution in [1.29, 1.82) is 0 Å². The van der Waals surface area contributed by atoms with Crippen LogP contribution in [0.2, 0.25) is 0 Å². The van der Waals surface area contributed by atoms with Crippen LogP contribution in [0, 0.1) is 5.41 Å². The van der Waals surface area contributed by atoms with Gasteiger partial charge in [0.2, 0.25) is 0 Å². The Morgan fingerprint density at radius 3 is 3.33 bits per heavy atom. The predicted molar refractivity (Wildman–Crippen MR) is 82.2 cm³/mol. The highest BCUT2D eigenvalue weighted by atomic mass is 16.3. The molecule has 4 aliphatic rings. The first-order chi connectivity index (χ1) is 10.4. The zero-order valence-electron chi connectivity index (χ0n) is 12.6. The molecule has 1 aromatic heterocycles. The summed E-state index contributed by atoms with van der Waals surface area (Å²) in [5.74, 6) is 2.00. The molecule has 112 valence electrons. The molecule has 0 amide bonds. The Bertz CT molecular complexity index is 578. The molecule has 0 aromatic carbocycles. The zero-order chi connectivity index (χ0) is 13.9. The average Bonchev–Trinajstić information content (AvgIpc) is 3.09. The standard InChI is InChI=1S/C18H24N2O/c1-2-4-9-20-13(5-3-1)11-18-12-19-8-6-15(18)14-7-10-21-16(14)17(18)20/h3,5,7,10,13,15,17,19H,1-2,4,6,8-9,11-12H2/t13-,15-,17-,18-/m0/s1. The van der Waals surface area contributed by atoms with Gasteiger partial charge in [-0.2, -0.15) is 0 Å². The van der Waals surface area contributed by atoms with Crippen molar-refractivity contribution in [3.63, 3.8) is 0 Å². The lowest BCUT2D eigenvalue weighted by molar-refractivity contribution is 0.101. The summed E-state index contributed by atoms with van der Waals surface area (Å²) in [6.45, 7) is 3.55. The number of rotatable bonds is 0. The number of fused-ring (bicyclic) bond motifs is 5. The summed E-state index contributed by atoms with van der Waals surface area (Å²) in [4.78, 5) is 2.75. The molecule has 0 unspecified atom stereocenters. The molecule has 0 saturated carbocycles. The van der Waals surface area contributed by atoms with Gasteiger partial charge in [0, 0.05) is 18.0 Å². The summed E-state index contributed by atoms with van der Waals surface area (Å²) in [7, 11) is 0. The predicted octanol–water partition coefficient (Wildman–Crippen LogP) is 3.21. The molecule has 3 nitrogen and oxygen atoms in total. The first-order valence-electron chi connectivity index (χ1n) is 8.60. The minimum Gasteiger partial charge on any atom is -0.467 e. The van der Waals surface area contributed by atoms with Crippen LogP contribution in [-0.2, 0) is 0 Å². The average molecular weight is 284 g/mol. The third kappa shape index (κ3) is 1.56. The number of nitrogens with one attached hydrogen (secondary N) is 1. The third-order valence-corrected chi connectivity index (χ3v) is 6.40. The molecule has 0 radical (unpaired) electrons. The number of nitrogens with zero attached hydrogens (tertiary/aromatic N) is 1. The highest BCUT2D eigenvalue weighted by Gasteiger charge is 2.62. The van der Waals surface area contributed by atoms with E-state index in [-0.39, 0.29) is 0 Å². The van der Waals surface area contributed by atoms with Gasteiger partial charge in [-0.15, -0.1) is 0 Å². The van der Waals surface area contributed by atoms with Crippen LogP contribution in [-0.4, -0.2) is 30.6 Å². The first-order valence-corrected chi connectivity index (χ1v) is 8.60. The fourth-order valence-electron chi connectivity index (χ4n) is 5.62. The van der Waals surface area contributed by atoms with Gasteiger partial charge in [0.25, 0.3) is 0 Å². The van der Waals surface area contributed by atoms with E-state index in [1.54, 1.807) is 0 Å². The molecule has 1 aromatic rings. The summed E-state index contributed by atoms with van der Waals surface area (Å²) in [6, 6.07) is 3.38. The van der Waals surface area contributed by atoms with E-state index in [0.717, 1.165) is 13.1 Å². The number of hydrogen-bond donors (Lipinski definition) is 1. The Morgan fingerprint density at radius 2 is 2.33 bits per heavy atom. The minimum absolute atomic E-state index is 0.382. The zero-order valence-corrected chi connectivity index (χ0v) is 12.6. The van der Waals surface area contributed by atoms with Crippen molar-refractivity contribution in [2.24, 2.45) is 5.41 Å². The van der Waals surface area contributed by atoms with Gasteiger partial charge in [-0.25, -0.2) is 0 Å². The van der Waals surface area contributed by atoms with E-state index in [2.05, 4.69) is 28.4 Å². The van der Waals surface area contributed by atoms with Crippen molar-refractivity contribution in [2.45, 2.75) is 50.1 Å². The van der Waals surface area contributed by atoms with Crippen LogP contribution in [0.1, 0.15) is 55.4 Å². The van der Waals surface area contributed by atoms with Gasteiger partial charge in [-0.05, 0) is 62.7 Å². The topological polar surface area (TPSA) is 28.4 Å². The van der Waals surface area contributed by atoms with Crippen molar-refractivity contribution in [3.8, 4) is 0 Å². The second-order valence-electron chi connectivity index (χ2n) is 7.33. The van der Waals surface area contributed by atoms with Gasteiger partial charge in [-0.3, -0.25) is 4.90 Å². The highest BCUT2D eigenvalue weighted by molar-refractivity contribution is 5.40. The number of allylic oxidation sites excluding steroid dienone is 1. The van der Waals surface area contributed by atoms with Crippen LogP contribution in [0.5, 0.6) is 0 Å². The second kappa shape index (κ2) is 4.47. The van der Waals surface area contributed by atoms with Gasteiger partial charge in [0.05, 0.1) is 12.3 Å². The molecule has 3 heteroatoms. The van der Waals surface area contributed by atoms with E-state index in [4.69, 9.17) is 4.42 Å². The highest BCUT2D eigenvalue weighted by Crippen LogP contribution is 2.65. The molecule has 2 saturated heterocycles. The molecular formula is C18H24N2O. The van der Waals surface area contributed by atoms with Crippen molar-refractivity contribution in [3.05, 3.63) is 35.8 Å². The van der Waals surface area contributed by atoms with Gasteiger partial charge < -0.3 is 9.73 Å². The summed E-state index contributed by atoms with van der Waals surface area (Å²) < 4.78 is 6.00. The van der Waals surface area contributed by atoms with Crippen LogP contribution in [0.15, 0.2) is 28.9 Å². The lowest BCUT2D eigenvalue weighted by Crippen LogP contribution is -2.45. The third-order valence-electron chi connectivity index (χ3n) is 6.40. The molecule has 4 atom stereocenters. The number of furan rings is 1. The lowest BCUT2D eigenvalue weighted by atomic mass is 9.69. The summed E-state index contributed by atoms with van der Waals surface area (Å²) in [6.07, 6.45) is 13.3. The summed E-state index contributed by atoms with van der Waals surface area (Å²) in [5.41, 5.74) is 1.90. The summed E-state index contributed by atoms with van der Waals surface area (Å²) >= 11 is 0. The fourth-order valence-corrected chi connectivity index (χ4v) is 5.62. The van der Waals surface area contributed by atoms with Gasteiger partial charge in [0.1, 0.15) is 5.76 Å². The van der Waals surface area contributed by atoms with Gasteiger partial charge in [0.15, 0.2) is 0 Å². The molecule has 4 heterocycles. The minimum atomic E-state index is 0.382. The molecule has 1 spiro atoms. The van der Waals surface area contributed by atoms with E-state index in [1.807, 2.05) is 6.26 Å². The number of hydrogen-bond acceptors (Lipinski definition) is 3. The second-order valence-corrected chi connectivity index (χ2v) is 7.33. The van der Waals surface area contributed by atoms with Crippen molar-refractivity contribution < 1.29 is 4.42 Å². The summed E-state index contributed by atoms with van der Waals surface area (Å²) in [5, 5.41) is 3.69. The van der Waals surface area contributed by atoms with E-state index in [0.29, 0.717) is 23.4 Å². The van der Waals surface area contributed by atoms with Crippen LogP contribution >= 0.6 is 0 Å². The fraction of sp³-hybridized carbons (Fsp3) is 0.667. The monoisotopic (exact) mass is 284 g/mol. The molecule has 1 aliphatic carbocycles. The Labute approximate surface area is 126 Å².